The van der Waals surface area contributed by atoms with Crippen LogP contribution in [0, 0.1) is 6.92 Å². The average Bonchev–Trinajstić information content (AvgIpc) is 3.37. The van der Waals surface area contributed by atoms with Gasteiger partial charge >= 0.3 is 0 Å². The molecule has 1 aliphatic heterocycles. The lowest BCUT2D eigenvalue weighted by molar-refractivity contribution is -0.110. The van der Waals surface area contributed by atoms with Crippen molar-refractivity contribution in [2.75, 3.05) is 10.3 Å². The Morgan fingerprint density at radius 1 is 1.06 bits per heavy atom. The zero-order valence-corrected chi connectivity index (χ0v) is 17.4. The summed E-state index contributed by atoms with van der Waals surface area (Å²) in [6.45, 7) is 1.93. The van der Waals surface area contributed by atoms with E-state index in [2.05, 4.69) is 27.5 Å². The van der Waals surface area contributed by atoms with Gasteiger partial charge in [-0.25, -0.2) is 4.98 Å². The third kappa shape index (κ3) is 3.54. The van der Waals surface area contributed by atoms with Crippen molar-refractivity contribution < 1.29 is 4.79 Å². The molecule has 0 spiro atoms. The molecule has 7 nitrogen and oxygen atoms in total. The summed E-state index contributed by atoms with van der Waals surface area (Å²) in [5, 5.41) is 14.9. The molecule has 154 valence electrons. The number of hydrogen-bond donors (Lipinski definition) is 1. The average molecular weight is 410 g/mol. The zero-order chi connectivity index (χ0) is 21.4. The van der Waals surface area contributed by atoms with Crippen molar-refractivity contribution in [3.05, 3.63) is 84.2 Å². The van der Waals surface area contributed by atoms with Crippen molar-refractivity contribution in [2.24, 2.45) is 12.1 Å². The Morgan fingerprint density at radius 2 is 1.77 bits per heavy atom. The molecule has 0 saturated carbocycles. The number of benzene rings is 2. The van der Waals surface area contributed by atoms with Gasteiger partial charge in [-0.2, -0.15) is 10.2 Å². The van der Waals surface area contributed by atoms with Crippen LogP contribution in [0.1, 0.15) is 23.7 Å². The van der Waals surface area contributed by atoms with E-state index in [4.69, 9.17) is 5.10 Å². The fourth-order valence-corrected chi connectivity index (χ4v) is 3.98. The van der Waals surface area contributed by atoms with Crippen LogP contribution in [0.3, 0.4) is 0 Å². The SMILES string of the molecule is Cc1nn(C)c2ncc(NC(=O)C3=NN(c4ccccc4)C(c4ccccc4)C3)cc12. The number of amides is 1. The first-order valence-corrected chi connectivity index (χ1v) is 10.2. The molecule has 0 aliphatic carbocycles. The lowest BCUT2D eigenvalue weighted by atomic mass is 10.0. The Hall–Kier alpha value is -4.00. The number of fused-ring (bicyclic) bond motifs is 1. The molecule has 1 atom stereocenters. The monoisotopic (exact) mass is 410 g/mol. The van der Waals surface area contributed by atoms with Crippen molar-refractivity contribution in [3.8, 4) is 0 Å². The van der Waals surface area contributed by atoms with Crippen LogP contribution < -0.4 is 10.3 Å². The predicted octanol–water partition coefficient (Wildman–Crippen LogP) is 4.22. The first-order chi connectivity index (χ1) is 15.1. The molecule has 5 rings (SSSR count). The van der Waals surface area contributed by atoms with Gasteiger partial charge < -0.3 is 5.32 Å². The highest BCUT2D eigenvalue weighted by Crippen LogP contribution is 2.35. The Kier molecular flexibility index (Phi) is 4.71. The fourth-order valence-electron chi connectivity index (χ4n) is 3.98. The summed E-state index contributed by atoms with van der Waals surface area (Å²) in [5.74, 6) is -0.220. The Labute approximate surface area is 180 Å². The number of anilines is 2. The lowest BCUT2D eigenvalue weighted by Gasteiger charge is -2.23. The highest BCUT2D eigenvalue weighted by Gasteiger charge is 2.32. The van der Waals surface area contributed by atoms with E-state index >= 15 is 0 Å². The van der Waals surface area contributed by atoms with Gasteiger partial charge in [0.25, 0.3) is 5.91 Å². The largest absolute Gasteiger partial charge is 0.319 e. The molecule has 0 bridgehead atoms. The van der Waals surface area contributed by atoms with Gasteiger partial charge in [-0.3, -0.25) is 14.5 Å². The number of nitrogens with one attached hydrogen (secondary N) is 1. The second-order valence-electron chi connectivity index (χ2n) is 7.62. The summed E-state index contributed by atoms with van der Waals surface area (Å²) in [4.78, 5) is 17.5. The molecule has 1 aliphatic rings. The summed E-state index contributed by atoms with van der Waals surface area (Å²) in [5.41, 5.74) is 4.85. The van der Waals surface area contributed by atoms with E-state index in [1.54, 1.807) is 10.9 Å². The van der Waals surface area contributed by atoms with Crippen LogP contribution in [-0.4, -0.2) is 26.4 Å². The van der Waals surface area contributed by atoms with Crippen molar-refractivity contribution in [1.29, 1.82) is 0 Å². The van der Waals surface area contributed by atoms with Gasteiger partial charge in [0.1, 0.15) is 5.71 Å². The fraction of sp³-hybridized carbons (Fsp3) is 0.167. The number of carbonyl (C=O) groups excluding carboxylic acids is 1. The van der Waals surface area contributed by atoms with Crippen molar-refractivity contribution in [3.63, 3.8) is 0 Å². The molecule has 0 fully saturated rings. The second-order valence-corrected chi connectivity index (χ2v) is 7.62. The number of rotatable bonds is 4. The minimum atomic E-state index is -0.220. The summed E-state index contributed by atoms with van der Waals surface area (Å²) in [6.07, 6.45) is 2.17. The van der Waals surface area contributed by atoms with E-state index < -0.39 is 0 Å². The van der Waals surface area contributed by atoms with Crippen LogP contribution in [0.15, 0.2) is 78.0 Å². The number of hydrazone groups is 1. The van der Waals surface area contributed by atoms with Gasteiger partial charge in [0.15, 0.2) is 5.65 Å². The topological polar surface area (TPSA) is 75.4 Å². The molecule has 31 heavy (non-hydrogen) atoms. The smallest absolute Gasteiger partial charge is 0.272 e. The summed E-state index contributed by atoms with van der Waals surface area (Å²) in [6, 6.07) is 21.9. The predicted molar refractivity (Wildman–Crippen MR) is 122 cm³/mol. The van der Waals surface area contributed by atoms with Gasteiger partial charge in [0.05, 0.1) is 29.3 Å². The Morgan fingerprint density at radius 3 is 2.52 bits per heavy atom. The van der Waals surface area contributed by atoms with E-state index in [0.717, 1.165) is 28.0 Å². The second kappa shape index (κ2) is 7.68. The number of pyridine rings is 1. The number of para-hydroxylation sites is 1. The zero-order valence-electron chi connectivity index (χ0n) is 17.4. The summed E-state index contributed by atoms with van der Waals surface area (Å²) >= 11 is 0. The van der Waals surface area contributed by atoms with Gasteiger partial charge in [0.2, 0.25) is 0 Å². The highest BCUT2D eigenvalue weighted by atomic mass is 16.2. The molecule has 1 unspecified atom stereocenters. The van der Waals surface area contributed by atoms with E-state index in [9.17, 15) is 4.79 Å². The molecular weight excluding hydrogens is 388 g/mol. The van der Waals surface area contributed by atoms with Crippen molar-refractivity contribution in [1.82, 2.24) is 14.8 Å². The van der Waals surface area contributed by atoms with E-state index in [1.165, 1.54) is 0 Å². The maximum absolute atomic E-state index is 13.1. The van der Waals surface area contributed by atoms with Crippen LogP contribution >= 0.6 is 0 Å². The van der Waals surface area contributed by atoms with Crippen LogP contribution in [0.5, 0.6) is 0 Å². The third-order valence-electron chi connectivity index (χ3n) is 5.50. The van der Waals surface area contributed by atoms with Crippen LogP contribution in [0.2, 0.25) is 0 Å². The lowest BCUT2D eigenvalue weighted by Crippen LogP contribution is -2.22. The van der Waals surface area contributed by atoms with Gasteiger partial charge in [-0.15, -0.1) is 0 Å². The molecule has 7 heteroatoms. The van der Waals surface area contributed by atoms with Gasteiger partial charge in [0, 0.05) is 18.9 Å². The third-order valence-corrected chi connectivity index (χ3v) is 5.50. The molecule has 3 heterocycles. The maximum atomic E-state index is 13.1. The minimum absolute atomic E-state index is 0.0366. The van der Waals surface area contributed by atoms with Crippen molar-refractivity contribution >= 4 is 34.0 Å². The molecule has 4 aromatic rings. The number of nitrogens with zero attached hydrogens (tertiary/aromatic N) is 5. The van der Waals surface area contributed by atoms with Crippen LogP contribution in [-0.2, 0) is 11.8 Å². The molecule has 2 aromatic heterocycles. The normalized spacial score (nSPS) is 15.9. The molecule has 2 aromatic carbocycles. The molecular formula is C24H22N6O. The molecule has 1 amide bonds. The number of aromatic nitrogens is 3. The van der Waals surface area contributed by atoms with E-state index in [-0.39, 0.29) is 11.9 Å². The first-order valence-electron chi connectivity index (χ1n) is 10.2. The minimum Gasteiger partial charge on any atom is -0.319 e. The molecule has 0 saturated heterocycles. The van der Waals surface area contributed by atoms with Gasteiger partial charge in [-0.05, 0) is 30.7 Å². The Balaban J connectivity index is 1.44. The molecule has 0 radical (unpaired) electrons. The van der Waals surface area contributed by atoms with E-state index in [1.807, 2.05) is 73.6 Å². The summed E-state index contributed by atoms with van der Waals surface area (Å²) < 4.78 is 1.74. The molecule has 1 N–H and O–H groups in total. The van der Waals surface area contributed by atoms with Gasteiger partial charge in [-0.1, -0.05) is 48.5 Å². The van der Waals surface area contributed by atoms with E-state index in [0.29, 0.717) is 17.8 Å². The first kappa shape index (κ1) is 19.0. The Bertz CT molecular complexity index is 1280. The summed E-state index contributed by atoms with van der Waals surface area (Å²) in [7, 11) is 1.86. The maximum Gasteiger partial charge on any atom is 0.272 e. The highest BCUT2D eigenvalue weighted by molar-refractivity contribution is 6.43. The standard InChI is InChI=1S/C24H22N6O/c1-16-20-13-18(15-25-23(20)29(2)27-16)26-24(31)21-14-22(17-9-5-3-6-10-17)30(28-21)19-11-7-4-8-12-19/h3-13,15,22H,14H2,1-2H3,(H,26,31). The van der Waals surface area contributed by atoms with Crippen LogP contribution in [0.4, 0.5) is 11.4 Å². The van der Waals surface area contributed by atoms with Crippen molar-refractivity contribution in [2.45, 2.75) is 19.4 Å². The van der Waals surface area contributed by atoms with Crippen LogP contribution in [0.25, 0.3) is 11.0 Å². The quantitative estimate of drug-likeness (QED) is 0.547. The number of hydrogen-bond acceptors (Lipinski definition) is 5. The number of carbonyl (C=O) groups is 1. The number of aryl methyl sites for hydroxylation is 2.